The third-order valence-corrected chi connectivity index (χ3v) is 3.25. The molecule has 1 aromatic carbocycles. The van der Waals surface area contributed by atoms with Gasteiger partial charge in [-0.1, -0.05) is 22.9 Å². The highest BCUT2D eigenvalue weighted by Crippen LogP contribution is 2.24. The lowest BCUT2D eigenvalue weighted by atomic mass is 9.98. The number of carbonyl (C=O) groups is 1. The van der Waals surface area contributed by atoms with Crippen LogP contribution in [0.2, 0.25) is 0 Å². The highest BCUT2D eigenvalue weighted by atomic mass is 79.9. The summed E-state index contributed by atoms with van der Waals surface area (Å²) in [7, 11) is 1.64. The Morgan fingerprint density at radius 3 is 2.73 bits per heavy atom. The van der Waals surface area contributed by atoms with Gasteiger partial charge in [0.2, 0.25) is 0 Å². The van der Waals surface area contributed by atoms with Gasteiger partial charge in [-0.25, -0.2) is 0 Å². The minimum atomic E-state index is 0.0495. The van der Waals surface area contributed by atoms with E-state index >= 15 is 0 Å². The second-order valence-corrected chi connectivity index (χ2v) is 4.53. The number of Topliss-reactive ketones (excluding diaryl/α,β-unsaturated/α-hetero) is 1. The third-order valence-electron chi connectivity index (χ3n) is 2.47. The smallest absolute Gasteiger partial charge is 0.132 e. The second-order valence-electron chi connectivity index (χ2n) is 3.67. The molecule has 0 N–H and O–H groups in total. The Kier molecular flexibility index (Phi) is 4.33. The fourth-order valence-corrected chi connectivity index (χ4v) is 1.72. The van der Waals surface area contributed by atoms with Gasteiger partial charge in [0.15, 0.2) is 0 Å². The number of hydrogen-bond acceptors (Lipinski definition) is 2. The summed E-state index contributed by atoms with van der Waals surface area (Å²) in [5.41, 5.74) is 1.11. The summed E-state index contributed by atoms with van der Waals surface area (Å²) < 4.78 is 6.17. The summed E-state index contributed by atoms with van der Waals surface area (Å²) in [5.74, 6) is 1.09. The van der Waals surface area contributed by atoms with Crippen molar-refractivity contribution in [2.75, 3.05) is 7.11 Å². The van der Waals surface area contributed by atoms with Gasteiger partial charge >= 0.3 is 0 Å². The average molecular weight is 271 g/mol. The number of rotatable bonds is 4. The number of benzene rings is 1. The molecule has 1 atom stereocenters. The number of ketones is 1. The minimum absolute atomic E-state index is 0.0495. The summed E-state index contributed by atoms with van der Waals surface area (Å²) in [4.78, 5) is 11.2. The van der Waals surface area contributed by atoms with Gasteiger partial charge in [0.25, 0.3) is 0 Å². The van der Waals surface area contributed by atoms with Crippen molar-refractivity contribution in [3.05, 3.63) is 28.2 Å². The van der Waals surface area contributed by atoms with Gasteiger partial charge in [0.05, 0.1) is 7.11 Å². The Bertz CT molecular complexity index is 361. The van der Waals surface area contributed by atoms with E-state index in [4.69, 9.17) is 4.74 Å². The molecule has 1 aromatic rings. The van der Waals surface area contributed by atoms with Gasteiger partial charge in [0, 0.05) is 10.4 Å². The fourth-order valence-electron chi connectivity index (χ4n) is 1.31. The maximum Gasteiger partial charge on any atom is 0.132 e. The lowest BCUT2D eigenvalue weighted by Gasteiger charge is -2.10. The van der Waals surface area contributed by atoms with E-state index in [1.54, 1.807) is 14.0 Å². The highest BCUT2D eigenvalue weighted by Gasteiger charge is 2.11. The minimum Gasteiger partial charge on any atom is -0.497 e. The molecule has 2 nitrogen and oxygen atoms in total. The van der Waals surface area contributed by atoms with Crippen LogP contribution in [-0.2, 0) is 11.2 Å². The van der Waals surface area contributed by atoms with Gasteiger partial charge in [-0.2, -0.15) is 0 Å². The maximum atomic E-state index is 11.2. The zero-order chi connectivity index (χ0) is 11.4. The van der Waals surface area contributed by atoms with Crippen molar-refractivity contribution < 1.29 is 9.53 Å². The molecule has 0 aliphatic heterocycles. The first-order valence-corrected chi connectivity index (χ1v) is 5.66. The first kappa shape index (κ1) is 12.2. The van der Waals surface area contributed by atoms with E-state index in [-0.39, 0.29) is 11.7 Å². The van der Waals surface area contributed by atoms with E-state index in [0.29, 0.717) is 0 Å². The normalized spacial score (nSPS) is 12.3. The molecule has 0 aromatic heterocycles. The molecule has 0 fully saturated rings. The molecule has 1 rings (SSSR count). The molecule has 0 radical (unpaired) electrons. The van der Waals surface area contributed by atoms with Crippen LogP contribution in [0.4, 0.5) is 0 Å². The topological polar surface area (TPSA) is 26.3 Å². The molecule has 82 valence electrons. The van der Waals surface area contributed by atoms with Crippen LogP contribution >= 0.6 is 15.9 Å². The van der Waals surface area contributed by atoms with E-state index in [1.807, 2.05) is 25.1 Å². The molecule has 0 heterocycles. The van der Waals surface area contributed by atoms with Crippen LogP contribution in [0, 0.1) is 5.92 Å². The number of hydrogen-bond donors (Lipinski definition) is 0. The lowest BCUT2D eigenvalue weighted by molar-refractivity contribution is -0.120. The summed E-state index contributed by atoms with van der Waals surface area (Å²) in [5, 5.41) is 0. The summed E-state index contributed by atoms with van der Waals surface area (Å²) >= 11 is 3.47. The number of ether oxygens (including phenoxy) is 1. The molecule has 0 bridgehead atoms. The van der Waals surface area contributed by atoms with Crippen molar-refractivity contribution in [2.45, 2.75) is 20.3 Å². The lowest BCUT2D eigenvalue weighted by Crippen LogP contribution is -2.09. The van der Waals surface area contributed by atoms with Crippen molar-refractivity contribution in [1.29, 1.82) is 0 Å². The highest BCUT2D eigenvalue weighted by molar-refractivity contribution is 9.10. The fraction of sp³-hybridized carbons (Fsp3) is 0.417. The quantitative estimate of drug-likeness (QED) is 0.840. The summed E-state index contributed by atoms with van der Waals surface area (Å²) in [6.07, 6.45) is 0.743. The van der Waals surface area contributed by atoms with Crippen LogP contribution in [0.25, 0.3) is 0 Å². The molecule has 0 saturated carbocycles. The molecular formula is C12H15BrO2. The van der Waals surface area contributed by atoms with Crippen molar-refractivity contribution in [2.24, 2.45) is 5.92 Å². The van der Waals surface area contributed by atoms with Gasteiger partial charge < -0.3 is 4.74 Å². The van der Waals surface area contributed by atoms with Crippen LogP contribution in [-0.4, -0.2) is 12.9 Å². The zero-order valence-electron chi connectivity index (χ0n) is 9.21. The SMILES string of the molecule is COc1ccc(Br)c(C[C@H](C)C(C)=O)c1. The van der Waals surface area contributed by atoms with E-state index in [2.05, 4.69) is 15.9 Å². The van der Waals surface area contributed by atoms with E-state index < -0.39 is 0 Å². The predicted octanol–water partition coefficient (Wildman–Crippen LogP) is 3.23. The standard InChI is InChI=1S/C12H15BrO2/c1-8(9(2)14)6-10-7-11(15-3)4-5-12(10)13/h4-5,7-8H,6H2,1-3H3/t8-/m0/s1. The van der Waals surface area contributed by atoms with Crippen LogP contribution in [0.15, 0.2) is 22.7 Å². The van der Waals surface area contributed by atoms with Crippen LogP contribution in [0.5, 0.6) is 5.75 Å². The molecule has 15 heavy (non-hydrogen) atoms. The Morgan fingerprint density at radius 1 is 1.53 bits per heavy atom. The monoisotopic (exact) mass is 270 g/mol. The third kappa shape index (κ3) is 3.34. The van der Waals surface area contributed by atoms with E-state index in [0.717, 1.165) is 22.2 Å². The molecule has 0 aliphatic rings. The molecule has 0 amide bonds. The van der Waals surface area contributed by atoms with Gasteiger partial charge in [-0.15, -0.1) is 0 Å². The van der Waals surface area contributed by atoms with Crippen LogP contribution in [0.1, 0.15) is 19.4 Å². The van der Waals surface area contributed by atoms with Crippen molar-refractivity contribution in [3.8, 4) is 5.75 Å². The van der Waals surface area contributed by atoms with Crippen molar-refractivity contribution >= 4 is 21.7 Å². The van der Waals surface area contributed by atoms with Gasteiger partial charge in [-0.05, 0) is 37.1 Å². The Labute approximate surface area is 98.8 Å². The largest absolute Gasteiger partial charge is 0.497 e. The zero-order valence-corrected chi connectivity index (χ0v) is 10.8. The van der Waals surface area contributed by atoms with Crippen molar-refractivity contribution in [3.63, 3.8) is 0 Å². The van der Waals surface area contributed by atoms with Gasteiger partial charge in [-0.3, -0.25) is 4.79 Å². The Morgan fingerprint density at radius 2 is 2.20 bits per heavy atom. The van der Waals surface area contributed by atoms with Gasteiger partial charge in [0.1, 0.15) is 11.5 Å². The van der Waals surface area contributed by atoms with Crippen LogP contribution < -0.4 is 4.74 Å². The number of methoxy groups -OCH3 is 1. The molecular weight excluding hydrogens is 256 g/mol. The van der Waals surface area contributed by atoms with Crippen molar-refractivity contribution in [1.82, 2.24) is 0 Å². The second kappa shape index (κ2) is 5.31. The summed E-state index contributed by atoms with van der Waals surface area (Å²) in [6.45, 7) is 3.56. The average Bonchev–Trinajstić information content (AvgIpc) is 2.21. The summed E-state index contributed by atoms with van der Waals surface area (Å²) in [6, 6.07) is 5.80. The van der Waals surface area contributed by atoms with Crippen LogP contribution in [0.3, 0.4) is 0 Å². The van der Waals surface area contributed by atoms with E-state index in [1.165, 1.54) is 0 Å². The molecule has 0 aliphatic carbocycles. The van der Waals surface area contributed by atoms with E-state index in [9.17, 15) is 4.79 Å². The molecule has 3 heteroatoms. The molecule has 0 spiro atoms. The first-order valence-electron chi connectivity index (χ1n) is 4.87. The molecule has 0 unspecified atom stereocenters. The maximum absolute atomic E-state index is 11.2. The predicted molar refractivity (Wildman–Crippen MR) is 64.2 cm³/mol. The number of carbonyl (C=O) groups excluding carboxylic acids is 1. The Balaban J connectivity index is 2.88. The Hall–Kier alpha value is -0.830. The first-order chi connectivity index (χ1) is 7.04. The molecule has 0 saturated heterocycles. The number of halogens is 1.